The minimum Gasteiger partial charge on any atom is -0.508 e. The first kappa shape index (κ1) is 13.7. The Bertz CT molecular complexity index is 626. The van der Waals surface area contributed by atoms with E-state index in [2.05, 4.69) is 5.32 Å². The summed E-state index contributed by atoms with van der Waals surface area (Å²) in [5, 5.41) is 12.1. The van der Waals surface area contributed by atoms with Gasteiger partial charge < -0.3 is 20.9 Å². The fraction of sp³-hybridized carbons (Fsp3) is 0.133. The molecule has 0 radical (unpaired) electrons. The van der Waals surface area contributed by atoms with E-state index in [-0.39, 0.29) is 18.1 Å². The van der Waals surface area contributed by atoms with E-state index in [1.807, 2.05) is 0 Å². The summed E-state index contributed by atoms with van der Waals surface area (Å²) in [5.74, 6) is 0.472. The average molecular weight is 272 g/mol. The van der Waals surface area contributed by atoms with Crippen molar-refractivity contribution in [3.05, 3.63) is 48.0 Å². The largest absolute Gasteiger partial charge is 0.508 e. The average Bonchev–Trinajstić information content (AvgIpc) is 2.38. The molecule has 2 rings (SSSR count). The van der Waals surface area contributed by atoms with E-state index in [0.717, 1.165) is 5.56 Å². The fourth-order valence-electron chi connectivity index (χ4n) is 1.87. The topological polar surface area (TPSA) is 84.6 Å². The molecule has 0 aliphatic rings. The number of methoxy groups -OCH3 is 1. The van der Waals surface area contributed by atoms with Gasteiger partial charge in [0.1, 0.15) is 11.5 Å². The maximum absolute atomic E-state index is 12.0. The first-order chi connectivity index (χ1) is 9.58. The number of amides is 1. The lowest BCUT2D eigenvalue weighted by Crippen LogP contribution is -2.15. The van der Waals surface area contributed by atoms with E-state index in [1.165, 1.54) is 7.11 Å². The lowest BCUT2D eigenvalue weighted by atomic mass is 10.1. The molecule has 5 heteroatoms. The zero-order valence-corrected chi connectivity index (χ0v) is 11.1. The first-order valence-electron chi connectivity index (χ1n) is 6.10. The van der Waals surface area contributed by atoms with Gasteiger partial charge in [-0.05, 0) is 35.9 Å². The number of ether oxygens (including phenoxy) is 1. The standard InChI is InChI=1S/C15H16N2O3/c1-20-14-6-5-11(16)9-13(14)17-15(19)8-10-3-2-4-12(18)7-10/h2-7,9,18H,8,16H2,1H3,(H,17,19). The van der Waals surface area contributed by atoms with E-state index in [4.69, 9.17) is 10.5 Å². The van der Waals surface area contributed by atoms with Gasteiger partial charge in [-0.3, -0.25) is 4.79 Å². The number of carbonyl (C=O) groups is 1. The van der Waals surface area contributed by atoms with Crippen molar-refractivity contribution in [3.8, 4) is 11.5 Å². The molecule has 1 amide bonds. The minimum absolute atomic E-state index is 0.136. The highest BCUT2D eigenvalue weighted by Crippen LogP contribution is 2.26. The molecular weight excluding hydrogens is 256 g/mol. The van der Waals surface area contributed by atoms with Crippen LogP contribution in [0.4, 0.5) is 11.4 Å². The molecular formula is C15H16N2O3. The third-order valence-electron chi connectivity index (χ3n) is 2.77. The number of nitrogens with one attached hydrogen (secondary N) is 1. The van der Waals surface area contributed by atoms with E-state index in [9.17, 15) is 9.90 Å². The Hall–Kier alpha value is -2.69. The predicted octanol–water partition coefficient (Wildman–Crippen LogP) is 2.16. The molecule has 4 N–H and O–H groups in total. The van der Waals surface area contributed by atoms with Crippen LogP contribution in [0.1, 0.15) is 5.56 Å². The van der Waals surface area contributed by atoms with Crippen LogP contribution in [-0.2, 0) is 11.2 Å². The van der Waals surface area contributed by atoms with Gasteiger partial charge in [0.15, 0.2) is 0 Å². The number of hydrogen-bond donors (Lipinski definition) is 3. The number of nitrogen functional groups attached to an aromatic ring is 1. The second-order valence-corrected chi connectivity index (χ2v) is 4.35. The summed E-state index contributed by atoms with van der Waals surface area (Å²) in [5.41, 5.74) is 7.48. The monoisotopic (exact) mass is 272 g/mol. The zero-order chi connectivity index (χ0) is 14.5. The maximum Gasteiger partial charge on any atom is 0.228 e. The molecule has 0 atom stereocenters. The third kappa shape index (κ3) is 3.41. The number of rotatable bonds is 4. The van der Waals surface area contributed by atoms with Crippen LogP contribution in [0.3, 0.4) is 0 Å². The van der Waals surface area contributed by atoms with Crippen LogP contribution in [-0.4, -0.2) is 18.1 Å². The van der Waals surface area contributed by atoms with Crippen molar-refractivity contribution in [3.63, 3.8) is 0 Å². The molecule has 0 aliphatic carbocycles. The maximum atomic E-state index is 12.0. The van der Waals surface area contributed by atoms with Gasteiger partial charge in [0.2, 0.25) is 5.91 Å². The Labute approximate surface area is 117 Å². The molecule has 0 aliphatic heterocycles. The van der Waals surface area contributed by atoms with Crippen LogP contribution in [0.2, 0.25) is 0 Å². The van der Waals surface area contributed by atoms with Crippen LogP contribution >= 0.6 is 0 Å². The summed E-state index contributed by atoms with van der Waals surface area (Å²) in [4.78, 5) is 12.0. The number of hydrogen-bond acceptors (Lipinski definition) is 4. The van der Waals surface area contributed by atoms with Crippen LogP contribution in [0.5, 0.6) is 11.5 Å². The minimum atomic E-state index is -0.209. The number of phenols is 1. The fourth-order valence-corrected chi connectivity index (χ4v) is 1.87. The van der Waals surface area contributed by atoms with E-state index in [1.54, 1.807) is 42.5 Å². The summed E-state index contributed by atoms with van der Waals surface area (Å²) in [6, 6.07) is 11.6. The van der Waals surface area contributed by atoms with Gasteiger partial charge in [-0.2, -0.15) is 0 Å². The van der Waals surface area contributed by atoms with Crippen molar-refractivity contribution in [2.75, 3.05) is 18.2 Å². The summed E-state index contributed by atoms with van der Waals surface area (Å²) in [7, 11) is 1.52. The van der Waals surface area contributed by atoms with Crippen molar-refractivity contribution in [1.29, 1.82) is 0 Å². The highest BCUT2D eigenvalue weighted by molar-refractivity contribution is 5.94. The Balaban J connectivity index is 2.10. The van der Waals surface area contributed by atoms with Crippen molar-refractivity contribution in [2.24, 2.45) is 0 Å². The molecule has 0 spiro atoms. The lowest BCUT2D eigenvalue weighted by molar-refractivity contribution is -0.115. The zero-order valence-electron chi connectivity index (χ0n) is 11.1. The molecule has 104 valence electrons. The Morgan fingerprint density at radius 3 is 2.80 bits per heavy atom. The second-order valence-electron chi connectivity index (χ2n) is 4.35. The summed E-state index contributed by atoms with van der Waals surface area (Å²) < 4.78 is 5.16. The molecule has 2 aromatic rings. The highest BCUT2D eigenvalue weighted by atomic mass is 16.5. The number of benzene rings is 2. The van der Waals surface area contributed by atoms with Crippen LogP contribution in [0.25, 0.3) is 0 Å². The Morgan fingerprint density at radius 1 is 1.30 bits per heavy atom. The van der Waals surface area contributed by atoms with Gasteiger partial charge in [0.25, 0.3) is 0 Å². The van der Waals surface area contributed by atoms with Crippen LogP contribution in [0, 0.1) is 0 Å². The molecule has 0 unspecified atom stereocenters. The predicted molar refractivity (Wildman–Crippen MR) is 77.8 cm³/mol. The number of anilines is 2. The molecule has 0 saturated carbocycles. The van der Waals surface area contributed by atoms with E-state index in [0.29, 0.717) is 17.1 Å². The number of phenolic OH excluding ortho intramolecular Hbond substituents is 1. The SMILES string of the molecule is COc1ccc(N)cc1NC(=O)Cc1cccc(O)c1. The van der Waals surface area contributed by atoms with Gasteiger partial charge in [0, 0.05) is 5.69 Å². The summed E-state index contributed by atoms with van der Waals surface area (Å²) in [6.07, 6.45) is 0.159. The smallest absolute Gasteiger partial charge is 0.228 e. The number of aromatic hydroxyl groups is 1. The number of carbonyl (C=O) groups excluding carboxylic acids is 1. The normalized spacial score (nSPS) is 10.1. The van der Waals surface area contributed by atoms with Gasteiger partial charge in [-0.1, -0.05) is 12.1 Å². The molecule has 5 nitrogen and oxygen atoms in total. The first-order valence-corrected chi connectivity index (χ1v) is 6.10. The van der Waals surface area contributed by atoms with Crippen LogP contribution in [0.15, 0.2) is 42.5 Å². The third-order valence-corrected chi connectivity index (χ3v) is 2.77. The molecule has 2 aromatic carbocycles. The summed E-state index contributed by atoms with van der Waals surface area (Å²) in [6.45, 7) is 0. The lowest BCUT2D eigenvalue weighted by Gasteiger charge is -2.11. The van der Waals surface area contributed by atoms with Crippen molar-refractivity contribution in [1.82, 2.24) is 0 Å². The van der Waals surface area contributed by atoms with Crippen molar-refractivity contribution < 1.29 is 14.6 Å². The molecule has 0 bridgehead atoms. The second kappa shape index (κ2) is 5.97. The molecule has 0 aromatic heterocycles. The quantitative estimate of drug-likeness (QED) is 0.745. The van der Waals surface area contributed by atoms with Crippen LogP contribution < -0.4 is 15.8 Å². The Morgan fingerprint density at radius 2 is 2.10 bits per heavy atom. The van der Waals surface area contributed by atoms with E-state index >= 15 is 0 Å². The van der Waals surface area contributed by atoms with Gasteiger partial charge >= 0.3 is 0 Å². The van der Waals surface area contributed by atoms with Gasteiger partial charge in [0.05, 0.1) is 19.2 Å². The summed E-state index contributed by atoms with van der Waals surface area (Å²) >= 11 is 0. The van der Waals surface area contributed by atoms with E-state index < -0.39 is 0 Å². The number of nitrogens with two attached hydrogens (primary N) is 1. The van der Waals surface area contributed by atoms with Crippen molar-refractivity contribution >= 4 is 17.3 Å². The van der Waals surface area contributed by atoms with Crippen molar-refractivity contribution in [2.45, 2.75) is 6.42 Å². The molecule has 0 saturated heterocycles. The molecule has 0 fully saturated rings. The van der Waals surface area contributed by atoms with Gasteiger partial charge in [-0.25, -0.2) is 0 Å². The molecule has 20 heavy (non-hydrogen) atoms. The Kier molecular flexibility index (Phi) is 4.10. The van der Waals surface area contributed by atoms with Gasteiger partial charge in [-0.15, -0.1) is 0 Å². The molecule has 0 heterocycles. The highest BCUT2D eigenvalue weighted by Gasteiger charge is 2.09.